The van der Waals surface area contributed by atoms with Crippen LogP contribution in [0.3, 0.4) is 0 Å². The molecule has 0 saturated heterocycles. The first-order valence-electron chi connectivity index (χ1n) is 6.96. The predicted molar refractivity (Wildman–Crippen MR) is 81.2 cm³/mol. The van der Waals surface area contributed by atoms with Crippen LogP contribution in [0.2, 0.25) is 0 Å². The highest BCUT2D eigenvalue weighted by Gasteiger charge is 2.23. The molecule has 0 bridgehead atoms. The summed E-state index contributed by atoms with van der Waals surface area (Å²) in [4.78, 5) is 13.7. The van der Waals surface area contributed by atoms with E-state index in [1.165, 1.54) is 4.90 Å². The Bertz CT molecular complexity index is 449. The number of anilines is 1. The summed E-state index contributed by atoms with van der Waals surface area (Å²) in [6, 6.07) is 7.76. The molecule has 1 aromatic carbocycles. The lowest BCUT2D eigenvalue weighted by Gasteiger charge is -2.27. The molecule has 0 atom stereocenters. The third-order valence-corrected chi connectivity index (χ3v) is 2.79. The molecule has 4 nitrogen and oxygen atoms in total. The molecule has 0 heterocycles. The lowest BCUT2D eigenvalue weighted by atomic mass is 10.0. The highest BCUT2D eigenvalue weighted by molar-refractivity contribution is 5.88. The fraction of sp³-hybridized carbons (Fsp3) is 0.562. The Labute approximate surface area is 121 Å². The van der Waals surface area contributed by atoms with Crippen molar-refractivity contribution in [3.05, 3.63) is 29.8 Å². The topological polar surface area (TPSA) is 49.8 Å². The average molecular weight is 279 g/mol. The molecule has 112 valence electrons. The molecular formula is C16H25NO3. The summed E-state index contributed by atoms with van der Waals surface area (Å²) in [5.74, 6) is 0.379. The summed E-state index contributed by atoms with van der Waals surface area (Å²) in [6.07, 6.45) is -0.438. The van der Waals surface area contributed by atoms with Crippen LogP contribution in [0.5, 0.6) is 0 Å². The fourth-order valence-corrected chi connectivity index (χ4v) is 1.79. The predicted octanol–water partition coefficient (Wildman–Crippen LogP) is 3.54. The van der Waals surface area contributed by atoms with Crippen LogP contribution in [0, 0.1) is 0 Å². The van der Waals surface area contributed by atoms with Crippen molar-refractivity contribution in [1.29, 1.82) is 0 Å². The average Bonchev–Trinajstić information content (AvgIpc) is 2.33. The van der Waals surface area contributed by atoms with Crippen molar-refractivity contribution in [3.63, 3.8) is 0 Å². The van der Waals surface area contributed by atoms with Gasteiger partial charge in [-0.3, -0.25) is 4.90 Å². The van der Waals surface area contributed by atoms with Crippen LogP contribution in [-0.2, 0) is 4.74 Å². The molecule has 1 amide bonds. The molecule has 0 aliphatic heterocycles. The zero-order valence-corrected chi connectivity index (χ0v) is 13.0. The van der Waals surface area contributed by atoms with Crippen LogP contribution in [0.15, 0.2) is 24.3 Å². The van der Waals surface area contributed by atoms with E-state index in [9.17, 15) is 9.90 Å². The maximum absolute atomic E-state index is 12.2. The monoisotopic (exact) mass is 279 g/mol. The molecule has 0 aliphatic rings. The lowest BCUT2D eigenvalue weighted by Crippen LogP contribution is -2.38. The van der Waals surface area contributed by atoms with E-state index in [4.69, 9.17) is 4.74 Å². The SMILES string of the molecule is CC(C)c1cccc(N(CCO)C(=O)OC(C)(C)C)c1. The van der Waals surface area contributed by atoms with Gasteiger partial charge in [0.1, 0.15) is 5.60 Å². The van der Waals surface area contributed by atoms with E-state index in [0.29, 0.717) is 5.92 Å². The van der Waals surface area contributed by atoms with Gasteiger partial charge in [-0.05, 0) is 44.4 Å². The van der Waals surface area contributed by atoms with Crippen LogP contribution >= 0.6 is 0 Å². The summed E-state index contributed by atoms with van der Waals surface area (Å²) >= 11 is 0. The molecule has 0 radical (unpaired) electrons. The second-order valence-corrected chi connectivity index (χ2v) is 6.11. The van der Waals surface area contributed by atoms with E-state index in [-0.39, 0.29) is 13.2 Å². The molecule has 0 aromatic heterocycles. The third kappa shape index (κ3) is 4.85. The summed E-state index contributed by atoms with van der Waals surface area (Å²) in [7, 11) is 0. The zero-order chi connectivity index (χ0) is 15.3. The Morgan fingerprint density at radius 2 is 2.00 bits per heavy atom. The minimum absolute atomic E-state index is 0.106. The van der Waals surface area contributed by atoms with Gasteiger partial charge in [-0.25, -0.2) is 4.79 Å². The van der Waals surface area contributed by atoms with Gasteiger partial charge in [-0.1, -0.05) is 26.0 Å². The van der Waals surface area contributed by atoms with E-state index in [1.54, 1.807) is 0 Å². The molecule has 0 fully saturated rings. The van der Waals surface area contributed by atoms with Gasteiger partial charge in [0.2, 0.25) is 0 Å². The van der Waals surface area contributed by atoms with Crippen molar-refractivity contribution in [1.82, 2.24) is 0 Å². The normalized spacial score (nSPS) is 11.6. The molecule has 0 saturated carbocycles. The molecule has 1 aromatic rings. The lowest BCUT2D eigenvalue weighted by molar-refractivity contribution is 0.0573. The van der Waals surface area contributed by atoms with Gasteiger partial charge in [0.25, 0.3) is 0 Å². The molecular weight excluding hydrogens is 254 g/mol. The van der Waals surface area contributed by atoms with Crippen LogP contribution in [0.4, 0.5) is 10.5 Å². The van der Waals surface area contributed by atoms with Crippen molar-refractivity contribution in [3.8, 4) is 0 Å². The summed E-state index contributed by atoms with van der Waals surface area (Å²) in [6.45, 7) is 9.79. The maximum atomic E-state index is 12.2. The molecule has 20 heavy (non-hydrogen) atoms. The Hall–Kier alpha value is -1.55. The zero-order valence-electron chi connectivity index (χ0n) is 13.0. The fourth-order valence-electron chi connectivity index (χ4n) is 1.79. The van der Waals surface area contributed by atoms with Crippen LogP contribution in [-0.4, -0.2) is 30.0 Å². The molecule has 1 N–H and O–H groups in total. The van der Waals surface area contributed by atoms with Crippen molar-refractivity contribution in [2.45, 2.75) is 46.1 Å². The second-order valence-electron chi connectivity index (χ2n) is 6.11. The molecule has 1 rings (SSSR count). The Kier molecular flexibility index (Phi) is 5.57. The highest BCUT2D eigenvalue weighted by atomic mass is 16.6. The Balaban J connectivity index is 3.01. The smallest absolute Gasteiger partial charge is 0.414 e. The Morgan fingerprint density at radius 1 is 1.35 bits per heavy atom. The first-order chi connectivity index (χ1) is 9.24. The number of ether oxygens (including phenoxy) is 1. The van der Waals surface area contributed by atoms with Crippen molar-refractivity contribution >= 4 is 11.8 Å². The minimum Gasteiger partial charge on any atom is -0.443 e. The highest BCUT2D eigenvalue weighted by Crippen LogP contribution is 2.23. The summed E-state index contributed by atoms with van der Waals surface area (Å²) < 4.78 is 5.38. The first-order valence-corrected chi connectivity index (χ1v) is 6.96. The second kappa shape index (κ2) is 6.75. The van der Waals surface area contributed by atoms with E-state index in [2.05, 4.69) is 13.8 Å². The van der Waals surface area contributed by atoms with Crippen LogP contribution < -0.4 is 4.90 Å². The molecule has 0 spiro atoms. The molecule has 0 aliphatic carbocycles. The summed E-state index contributed by atoms with van der Waals surface area (Å²) in [5.41, 5.74) is 1.34. The van der Waals surface area contributed by atoms with E-state index in [0.717, 1.165) is 11.3 Å². The van der Waals surface area contributed by atoms with Gasteiger partial charge in [-0.2, -0.15) is 0 Å². The minimum atomic E-state index is -0.555. The number of carbonyl (C=O) groups excluding carboxylic acids is 1. The van der Waals surface area contributed by atoms with Crippen molar-refractivity contribution < 1.29 is 14.6 Å². The number of carbonyl (C=O) groups is 1. The maximum Gasteiger partial charge on any atom is 0.414 e. The van der Waals surface area contributed by atoms with E-state index < -0.39 is 11.7 Å². The van der Waals surface area contributed by atoms with Crippen molar-refractivity contribution in [2.24, 2.45) is 0 Å². The standard InChI is InChI=1S/C16H25NO3/c1-12(2)13-7-6-8-14(11-13)17(9-10-18)15(19)20-16(3,4)5/h6-8,11-12,18H,9-10H2,1-5H3. The van der Waals surface area contributed by atoms with Gasteiger partial charge >= 0.3 is 6.09 Å². The number of aliphatic hydroxyl groups is 1. The Morgan fingerprint density at radius 3 is 2.50 bits per heavy atom. The van der Waals surface area contributed by atoms with E-state index >= 15 is 0 Å². The number of aliphatic hydroxyl groups excluding tert-OH is 1. The molecule has 0 unspecified atom stereocenters. The number of benzene rings is 1. The van der Waals surface area contributed by atoms with Crippen molar-refractivity contribution in [2.75, 3.05) is 18.1 Å². The van der Waals surface area contributed by atoms with E-state index in [1.807, 2.05) is 45.0 Å². The number of nitrogens with zero attached hydrogens (tertiary/aromatic N) is 1. The first kappa shape index (κ1) is 16.5. The van der Waals surface area contributed by atoms with Gasteiger partial charge in [0.05, 0.1) is 13.2 Å². The quantitative estimate of drug-likeness (QED) is 0.917. The van der Waals surface area contributed by atoms with Gasteiger partial charge in [-0.15, -0.1) is 0 Å². The molecule has 4 heteroatoms. The van der Waals surface area contributed by atoms with Gasteiger partial charge < -0.3 is 9.84 Å². The number of amides is 1. The largest absolute Gasteiger partial charge is 0.443 e. The van der Waals surface area contributed by atoms with Gasteiger partial charge in [0, 0.05) is 5.69 Å². The third-order valence-electron chi connectivity index (χ3n) is 2.79. The number of hydrogen-bond acceptors (Lipinski definition) is 3. The summed E-state index contributed by atoms with van der Waals surface area (Å²) in [5, 5.41) is 9.17. The number of rotatable bonds is 4. The van der Waals surface area contributed by atoms with Crippen LogP contribution in [0.1, 0.15) is 46.1 Å². The van der Waals surface area contributed by atoms with Gasteiger partial charge in [0.15, 0.2) is 0 Å². The number of hydrogen-bond donors (Lipinski definition) is 1. The van der Waals surface area contributed by atoms with Crippen LogP contribution in [0.25, 0.3) is 0 Å².